The van der Waals surface area contributed by atoms with Crippen LogP contribution in [0.3, 0.4) is 0 Å². The average molecular weight is 309 g/mol. The van der Waals surface area contributed by atoms with E-state index < -0.39 is 0 Å². The summed E-state index contributed by atoms with van der Waals surface area (Å²) in [7, 11) is 1.96. The standard InChI is InChI=1S/C17H27NO2S/c1-5-20-17(19)12-21-11-16(18-4)15-8-6-14(7-9-15)10-13(2)3/h6-9,13,16,18H,5,10-12H2,1-4H3. The van der Waals surface area contributed by atoms with E-state index in [0.29, 0.717) is 18.3 Å². The molecule has 1 aromatic rings. The lowest BCUT2D eigenvalue weighted by Gasteiger charge is -2.17. The molecule has 0 aliphatic rings. The minimum atomic E-state index is -0.135. The van der Waals surface area contributed by atoms with Crippen LogP contribution in [0.15, 0.2) is 24.3 Å². The molecule has 0 heterocycles. The number of ether oxygens (including phenoxy) is 1. The van der Waals surface area contributed by atoms with Gasteiger partial charge in [0.05, 0.1) is 12.4 Å². The Morgan fingerprint density at radius 1 is 1.29 bits per heavy atom. The Hall–Kier alpha value is -1.00. The smallest absolute Gasteiger partial charge is 0.315 e. The molecule has 0 bridgehead atoms. The number of benzene rings is 1. The van der Waals surface area contributed by atoms with Crippen LogP contribution in [0.2, 0.25) is 0 Å². The van der Waals surface area contributed by atoms with Crippen molar-refractivity contribution in [2.45, 2.75) is 33.2 Å². The predicted molar refractivity (Wildman–Crippen MR) is 90.7 cm³/mol. The summed E-state index contributed by atoms with van der Waals surface area (Å²) in [5.74, 6) is 1.82. The van der Waals surface area contributed by atoms with Gasteiger partial charge >= 0.3 is 5.97 Å². The van der Waals surface area contributed by atoms with Crippen molar-refractivity contribution in [3.05, 3.63) is 35.4 Å². The normalized spacial score (nSPS) is 12.4. The number of carbonyl (C=O) groups is 1. The van der Waals surface area contributed by atoms with E-state index >= 15 is 0 Å². The Bertz CT molecular complexity index is 417. The molecule has 0 spiro atoms. The summed E-state index contributed by atoms with van der Waals surface area (Å²) >= 11 is 1.61. The van der Waals surface area contributed by atoms with Gasteiger partial charge in [0.25, 0.3) is 0 Å². The third kappa shape index (κ3) is 7.00. The van der Waals surface area contributed by atoms with Gasteiger partial charge in [0.1, 0.15) is 0 Å². The Morgan fingerprint density at radius 3 is 2.48 bits per heavy atom. The first-order valence-electron chi connectivity index (χ1n) is 7.56. The molecular formula is C17H27NO2S. The zero-order valence-corrected chi connectivity index (χ0v) is 14.3. The summed E-state index contributed by atoms with van der Waals surface area (Å²) in [5.41, 5.74) is 2.64. The van der Waals surface area contributed by atoms with Crippen molar-refractivity contribution in [2.75, 3.05) is 25.2 Å². The molecule has 118 valence electrons. The Balaban J connectivity index is 2.49. The third-order valence-corrected chi connectivity index (χ3v) is 4.19. The quantitative estimate of drug-likeness (QED) is 0.709. The van der Waals surface area contributed by atoms with Crippen molar-refractivity contribution in [3.8, 4) is 0 Å². The minimum absolute atomic E-state index is 0.135. The van der Waals surface area contributed by atoms with Crippen molar-refractivity contribution in [1.82, 2.24) is 5.32 Å². The van der Waals surface area contributed by atoms with Crippen LogP contribution in [0.1, 0.15) is 37.9 Å². The third-order valence-electron chi connectivity index (χ3n) is 3.18. The molecule has 3 nitrogen and oxygen atoms in total. The first-order chi connectivity index (χ1) is 10.1. The van der Waals surface area contributed by atoms with Crippen LogP contribution < -0.4 is 5.32 Å². The van der Waals surface area contributed by atoms with Crippen molar-refractivity contribution in [2.24, 2.45) is 5.92 Å². The molecular weight excluding hydrogens is 282 g/mol. The lowest BCUT2D eigenvalue weighted by Crippen LogP contribution is -2.20. The highest BCUT2D eigenvalue weighted by Gasteiger charge is 2.11. The lowest BCUT2D eigenvalue weighted by molar-refractivity contribution is -0.139. The molecule has 0 amide bonds. The van der Waals surface area contributed by atoms with Gasteiger partial charge < -0.3 is 10.1 Å². The second-order valence-electron chi connectivity index (χ2n) is 5.50. The number of hydrogen-bond acceptors (Lipinski definition) is 4. The van der Waals surface area contributed by atoms with Gasteiger partial charge in [-0.3, -0.25) is 4.79 Å². The van der Waals surface area contributed by atoms with E-state index in [1.807, 2.05) is 14.0 Å². The van der Waals surface area contributed by atoms with Crippen LogP contribution >= 0.6 is 11.8 Å². The fourth-order valence-electron chi connectivity index (χ4n) is 2.17. The van der Waals surface area contributed by atoms with Crippen molar-refractivity contribution in [1.29, 1.82) is 0 Å². The monoisotopic (exact) mass is 309 g/mol. The number of hydrogen-bond donors (Lipinski definition) is 1. The molecule has 0 radical (unpaired) electrons. The van der Waals surface area contributed by atoms with Gasteiger partial charge in [-0.05, 0) is 37.4 Å². The second kappa shape index (κ2) is 9.85. The first-order valence-corrected chi connectivity index (χ1v) is 8.71. The maximum Gasteiger partial charge on any atom is 0.315 e. The summed E-state index contributed by atoms with van der Waals surface area (Å²) in [4.78, 5) is 11.3. The van der Waals surface area contributed by atoms with Crippen LogP contribution in [0.5, 0.6) is 0 Å². The van der Waals surface area contributed by atoms with E-state index in [9.17, 15) is 4.79 Å². The highest BCUT2D eigenvalue weighted by Crippen LogP contribution is 2.20. The van der Waals surface area contributed by atoms with Gasteiger partial charge in [-0.15, -0.1) is 11.8 Å². The number of rotatable bonds is 9. The predicted octanol–water partition coefficient (Wildman–Crippen LogP) is 3.44. The van der Waals surface area contributed by atoms with Crippen LogP contribution in [0.4, 0.5) is 0 Å². The Labute approximate surface area is 132 Å². The van der Waals surface area contributed by atoms with Gasteiger partial charge in [0, 0.05) is 11.8 Å². The van der Waals surface area contributed by atoms with Crippen molar-refractivity contribution >= 4 is 17.7 Å². The molecule has 1 rings (SSSR count). The molecule has 1 N–H and O–H groups in total. The maximum absolute atomic E-state index is 11.3. The average Bonchev–Trinajstić information content (AvgIpc) is 2.44. The first kappa shape index (κ1) is 18.1. The molecule has 1 atom stereocenters. The molecule has 0 aromatic heterocycles. The van der Waals surface area contributed by atoms with E-state index in [4.69, 9.17) is 4.74 Å². The van der Waals surface area contributed by atoms with E-state index in [-0.39, 0.29) is 12.0 Å². The van der Waals surface area contributed by atoms with E-state index in [1.165, 1.54) is 11.1 Å². The molecule has 0 aliphatic heterocycles. The minimum Gasteiger partial charge on any atom is -0.465 e. The maximum atomic E-state index is 11.3. The fourth-order valence-corrected chi connectivity index (χ4v) is 3.13. The van der Waals surface area contributed by atoms with Crippen molar-refractivity contribution < 1.29 is 9.53 Å². The van der Waals surface area contributed by atoms with Gasteiger partial charge in [-0.2, -0.15) is 0 Å². The molecule has 0 fully saturated rings. The molecule has 0 saturated heterocycles. The summed E-state index contributed by atoms with van der Waals surface area (Å²) in [5, 5.41) is 3.31. The number of carbonyl (C=O) groups excluding carboxylic acids is 1. The molecule has 1 unspecified atom stereocenters. The second-order valence-corrected chi connectivity index (χ2v) is 6.53. The number of esters is 1. The SMILES string of the molecule is CCOC(=O)CSCC(NC)c1ccc(CC(C)C)cc1. The van der Waals surface area contributed by atoms with E-state index in [2.05, 4.69) is 43.4 Å². The van der Waals surface area contributed by atoms with Crippen LogP contribution in [-0.2, 0) is 16.0 Å². The fraction of sp³-hybridized carbons (Fsp3) is 0.588. The highest BCUT2D eigenvalue weighted by atomic mass is 32.2. The van der Waals surface area contributed by atoms with E-state index in [1.54, 1.807) is 11.8 Å². The van der Waals surface area contributed by atoms with Gasteiger partial charge in [-0.1, -0.05) is 38.1 Å². The summed E-state index contributed by atoms with van der Waals surface area (Å²) in [6.07, 6.45) is 1.11. The molecule has 4 heteroatoms. The molecule has 0 saturated carbocycles. The number of nitrogens with one attached hydrogen (secondary N) is 1. The van der Waals surface area contributed by atoms with E-state index in [0.717, 1.165) is 12.2 Å². The number of thioether (sulfide) groups is 1. The lowest BCUT2D eigenvalue weighted by atomic mass is 10.00. The molecule has 0 aliphatic carbocycles. The largest absolute Gasteiger partial charge is 0.465 e. The van der Waals surface area contributed by atoms with Gasteiger partial charge in [0.15, 0.2) is 0 Å². The van der Waals surface area contributed by atoms with Crippen LogP contribution in [-0.4, -0.2) is 31.1 Å². The highest BCUT2D eigenvalue weighted by molar-refractivity contribution is 7.99. The zero-order chi connectivity index (χ0) is 15.7. The Kier molecular flexibility index (Phi) is 8.47. The summed E-state index contributed by atoms with van der Waals surface area (Å²) < 4.78 is 4.94. The van der Waals surface area contributed by atoms with Crippen molar-refractivity contribution in [3.63, 3.8) is 0 Å². The summed E-state index contributed by atoms with van der Waals surface area (Å²) in [6.45, 7) is 6.75. The van der Waals surface area contributed by atoms with Gasteiger partial charge in [-0.25, -0.2) is 0 Å². The molecule has 21 heavy (non-hydrogen) atoms. The zero-order valence-electron chi connectivity index (χ0n) is 13.5. The topological polar surface area (TPSA) is 38.3 Å². The molecule has 1 aromatic carbocycles. The van der Waals surface area contributed by atoms with Crippen LogP contribution in [0.25, 0.3) is 0 Å². The Morgan fingerprint density at radius 2 is 1.95 bits per heavy atom. The summed E-state index contributed by atoms with van der Waals surface area (Å²) in [6, 6.07) is 9.04. The van der Waals surface area contributed by atoms with Gasteiger partial charge in [0.2, 0.25) is 0 Å². The van der Waals surface area contributed by atoms with Crippen LogP contribution in [0, 0.1) is 5.92 Å².